The largest absolute Gasteiger partial charge is 0.361 e. The van der Waals surface area contributed by atoms with Gasteiger partial charge in [-0.1, -0.05) is 29.8 Å². The molecule has 3 heterocycles. The highest BCUT2D eigenvalue weighted by molar-refractivity contribution is 7.98. The number of likely N-dealkylation sites (tertiary alicyclic amines) is 1. The highest BCUT2D eigenvalue weighted by atomic mass is 32.2. The van der Waals surface area contributed by atoms with Crippen LogP contribution in [-0.2, 0) is 5.75 Å². The van der Waals surface area contributed by atoms with E-state index in [0.29, 0.717) is 17.7 Å². The summed E-state index contributed by atoms with van der Waals surface area (Å²) in [7, 11) is 0. The van der Waals surface area contributed by atoms with Crippen molar-refractivity contribution in [3.8, 4) is 0 Å². The Morgan fingerprint density at radius 2 is 2.15 bits per heavy atom. The first-order valence-corrected chi connectivity index (χ1v) is 10.5. The van der Waals surface area contributed by atoms with Gasteiger partial charge in [0.1, 0.15) is 10.8 Å². The second kappa shape index (κ2) is 7.82. The number of rotatable bonds is 4. The molecular weight excluding hydrogens is 346 g/mol. The molecule has 138 valence electrons. The van der Waals surface area contributed by atoms with E-state index in [4.69, 9.17) is 4.52 Å². The standard InChI is InChI=1S/C20H25N3O2S/c1-14-12-16(22-25-14)13-26-19-17(8-4-10-21-19)20(24)23-11-5-7-15-6-2-3-9-18(15)23/h4,8,10,12,15,18H,2-3,5-7,9,11,13H2,1H3. The Hall–Kier alpha value is -1.82. The first-order valence-electron chi connectivity index (χ1n) is 9.53. The van der Waals surface area contributed by atoms with Crippen molar-refractivity contribution in [2.45, 2.75) is 62.3 Å². The average Bonchev–Trinajstić information content (AvgIpc) is 3.11. The molecule has 26 heavy (non-hydrogen) atoms. The van der Waals surface area contributed by atoms with Gasteiger partial charge in [-0.15, -0.1) is 0 Å². The number of pyridine rings is 1. The first kappa shape index (κ1) is 17.6. The minimum atomic E-state index is 0.147. The highest BCUT2D eigenvalue weighted by Crippen LogP contribution is 2.36. The number of amides is 1. The van der Waals surface area contributed by atoms with Crippen molar-refractivity contribution in [2.24, 2.45) is 5.92 Å². The van der Waals surface area contributed by atoms with Gasteiger partial charge in [0.05, 0.1) is 11.3 Å². The van der Waals surface area contributed by atoms with E-state index in [0.717, 1.165) is 41.4 Å². The minimum Gasteiger partial charge on any atom is -0.361 e. The van der Waals surface area contributed by atoms with Crippen LogP contribution in [-0.4, -0.2) is 33.5 Å². The van der Waals surface area contributed by atoms with Crippen LogP contribution in [0.25, 0.3) is 0 Å². The topological polar surface area (TPSA) is 59.2 Å². The van der Waals surface area contributed by atoms with E-state index in [1.807, 2.05) is 25.1 Å². The molecule has 4 rings (SSSR count). The summed E-state index contributed by atoms with van der Waals surface area (Å²) in [6.45, 7) is 2.76. The number of thioether (sulfide) groups is 1. The zero-order valence-corrected chi connectivity index (χ0v) is 16.0. The van der Waals surface area contributed by atoms with E-state index in [2.05, 4.69) is 15.0 Å². The quantitative estimate of drug-likeness (QED) is 0.742. The Morgan fingerprint density at radius 1 is 1.31 bits per heavy atom. The summed E-state index contributed by atoms with van der Waals surface area (Å²) in [5.74, 6) is 2.29. The second-order valence-corrected chi connectivity index (χ2v) is 8.29. The maximum atomic E-state index is 13.3. The number of nitrogens with zero attached hydrogens (tertiary/aromatic N) is 3. The lowest BCUT2D eigenvalue weighted by atomic mass is 9.78. The lowest BCUT2D eigenvalue weighted by molar-refractivity contribution is 0.0386. The summed E-state index contributed by atoms with van der Waals surface area (Å²) in [5.41, 5.74) is 1.60. The number of hydrogen-bond donors (Lipinski definition) is 0. The van der Waals surface area contributed by atoms with Gasteiger partial charge in [-0.25, -0.2) is 4.98 Å². The van der Waals surface area contributed by atoms with Crippen molar-refractivity contribution in [3.63, 3.8) is 0 Å². The number of hydrogen-bond acceptors (Lipinski definition) is 5. The molecule has 1 aliphatic carbocycles. The summed E-state index contributed by atoms with van der Waals surface area (Å²) in [4.78, 5) is 19.9. The summed E-state index contributed by atoms with van der Waals surface area (Å²) < 4.78 is 5.13. The fourth-order valence-corrected chi connectivity index (χ4v) is 5.20. The highest BCUT2D eigenvalue weighted by Gasteiger charge is 2.36. The van der Waals surface area contributed by atoms with Gasteiger partial charge in [-0.3, -0.25) is 4.79 Å². The van der Waals surface area contributed by atoms with Crippen LogP contribution in [0.1, 0.15) is 60.3 Å². The fourth-order valence-electron chi connectivity index (χ4n) is 4.33. The molecule has 1 saturated carbocycles. The molecule has 6 heteroatoms. The van der Waals surface area contributed by atoms with Crippen molar-refractivity contribution >= 4 is 17.7 Å². The molecule has 1 aliphatic heterocycles. The van der Waals surface area contributed by atoms with Gasteiger partial charge in [0.25, 0.3) is 5.91 Å². The summed E-state index contributed by atoms with van der Waals surface area (Å²) >= 11 is 1.55. The fraction of sp³-hybridized carbons (Fsp3) is 0.550. The molecule has 0 radical (unpaired) electrons. The van der Waals surface area contributed by atoms with Gasteiger partial charge in [0.2, 0.25) is 0 Å². The van der Waals surface area contributed by atoms with E-state index in [9.17, 15) is 4.79 Å². The number of aryl methyl sites for hydroxylation is 1. The molecule has 0 N–H and O–H groups in total. The summed E-state index contributed by atoms with van der Waals surface area (Å²) in [6, 6.07) is 6.12. The van der Waals surface area contributed by atoms with E-state index in [-0.39, 0.29) is 5.91 Å². The third-order valence-electron chi connectivity index (χ3n) is 5.54. The van der Waals surface area contributed by atoms with Gasteiger partial charge in [0.15, 0.2) is 0 Å². The van der Waals surface area contributed by atoms with Crippen molar-refractivity contribution in [3.05, 3.63) is 41.4 Å². The van der Waals surface area contributed by atoms with Crippen molar-refractivity contribution in [1.29, 1.82) is 0 Å². The van der Waals surface area contributed by atoms with E-state index >= 15 is 0 Å². The van der Waals surface area contributed by atoms with Crippen LogP contribution >= 0.6 is 11.8 Å². The van der Waals surface area contributed by atoms with Gasteiger partial charge >= 0.3 is 0 Å². The third-order valence-corrected chi connectivity index (χ3v) is 6.58. The van der Waals surface area contributed by atoms with Gasteiger partial charge < -0.3 is 9.42 Å². The molecule has 0 aromatic carbocycles. The van der Waals surface area contributed by atoms with Crippen LogP contribution in [0.15, 0.2) is 33.9 Å². The number of aromatic nitrogens is 2. The van der Waals surface area contributed by atoms with Gasteiger partial charge in [-0.2, -0.15) is 0 Å². The Bertz CT molecular complexity index is 774. The number of piperidine rings is 1. The van der Waals surface area contributed by atoms with Crippen LogP contribution in [0.5, 0.6) is 0 Å². The lowest BCUT2D eigenvalue weighted by Gasteiger charge is -2.44. The second-order valence-electron chi connectivity index (χ2n) is 7.33. The maximum Gasteiger partial charge on any atom is 0.256 e. The molecule has 1 amide bonds. The number of carbonyl (C=O) groups excluding carboxylic acids is 1. The zero-order valence-electron chi connectivity index (χ0n) is 15.2. The Morgan fingerprint density at radius 3 is 3.00 bits per heavy atom. The van der Waals surface area contributed by atoms with Crippen LogP contribution < -0.4 is 0 Å². The molecule has 2 atom stereocenters. The normalized spacial score (nSPS) is 22.9. The van der Waals surface area contributed by atoms with Gasteiger partial charge in [0, 0.05) is 30.6 Å². The molecular formula is C20H25N3O2S. The average molecular weight is 372 g/mol. The Labute approximate surface area is 158 Å². The molecule has 5 nitrogen and oxygen atoms in total. The van der Waals surface area contributed by atoms with Crippen molar-refractivity contribution < 1.29 is 9.32 Å². The maximum absolute atomic E-state index is 13.3. The first-order chi connectivity index (χ1) is 12.7. The molecule has 2 aromatic heterocycles. The van der Waals surface area contributed by atoms with Crippen LogP contribution in [0, 0.1) is 12.8 Å². The van der Waals surface area contributed by atoms with Crippen LogP contribution in [0.4, 0.5) is 0 Å². The molecule has 0 spiro atoms. The van der Waals surface area contributed by atoms with Crippen molar-refractivity contribution in [1.82, 2.24) is 15.0 Å². The SMILES string of the molecule is Cc1cc(CSc2ncccc2C(=O)N2CCCC3CCCCC32)no1. The number of carbonyl (C=O) groups is 1. The lowest BCUT2D eigenvalue weighted by Crippen LogP contribution is -2.49. The molecule has 0 bridgehead atoms. The van der Waals surface area contributed by atoms with E-state index in [1.54, 1.807) is 18.0 Å². The predicted octanol–water partition coefficient (Wildman–Crippen LogP) is 4.47. The Kier molecular flexibility index (Phi) is 5.29. The summed E-state index contributed by atoms with van der Waals surface area (Å²) in [6.07, 6.45) is 9.13. The molecule has 1 saturated heterocycles. The van der Waals surface area contributed by atoms with Crippen LogP contribution in [0.3, 0.4) is 0 Å². The van der Waals surface area contributed by atoms with E-state index < -0.39 is 0 Å². The monoisotopic (exact) mass is 371 g/mol. The molecule has 2 aromatic rings. The van der Waals surface area contributed by atoms with Gasteiger partial charge in [-0.05, 0) is 50.7 Å². The Balaban J connectivity index is 1.52. The summed E-state index contributed by atoms with van der Waals surface area (Å²) in [5, 5.41) is 4.82. The van der Waals surface area contributed by atoms with E-state index in [1.165, 1.54) is 25.7 Å². The third kappa shape index (κ3) is 3.65. The molecule has 2 aliphatic rings. The smallest absolute Gasteiger partial charge is 0.256 e. The number of fused-ring (bicyclic) bond motifs is 1. The van der Waals surface area contributed by atoms with Crippen LogP contribution in [0.2, 0.25) is 0 Å². The van der Waals surface area contributed by atoms with Crippen molar-refractivity contribution in [2.75, 3.05) is 6.54 Å². The predicted molar refractivity (Wildman–Crippen MR) is 101 cm³/mol. The molecule has 2 unspecified atom stereocenters. The zero-order chi connectivity index (χ0) is 17.9. The molecule has 2 fully saturated rings. The minimum absolute atomic E-state index is 0.147.